The van der Waals surface area contributed by atoms with Gasteiger partial charge in [-0.3, -0.25) is 4.79 Å². The Morgan fingerprint density at radius 3 is 2.35 bits per heavy atom. The van der Waals surface area contributed by atoms with Gasteiger partial charge in [-0.15, -0.1) is 0 Å². The topological polar surface area (TPSA) is 55.6 Å². The molecule has 1 aromatic carbocycles. The molecule has 0 atom stereocenters. The zero-order valence-corrected chi connectivity index (χ0v) is 12.0. The van der Waals surface area contributed by atoms with Crippen LogP contribution >= 0.6 is 0 Å². The number of rotatable bonds is 6. The summed E-state index contributed by atoms with van der Waals surface area (Å²) >= 11 is 0. The van der Waals surface area contributed by atoms with Crippen molar-refractivity contribution in [2.75, 3.05) is 25.9 Å². The van der Waals surface area contributed by atoms with Crippen LogP contribution in [0.5, 0.6) is 5.75 Å². The fraction of sp³-hybridized carbons (Fsp3) is 0.562. The SMILES string of the molecule is COc1ccc(N)cc1C(=O)N(CC1CC1)CC1CC1. The second kappa shape index (κ2) is 5.35. The number of anilines is 1. The summed E-state index contributed by atoms with van der Waals surface area (Å²) in [6, 6.07) is 5.27. The first-order valence-corrected chi connectivity index (χ1v) is 7.40. The van der Waals surface area contributed by atoms with E-state index >= 15 is 0 Å². The highest BCUT2D eigenvalue weighted by molar-refractivity contribution is 5.97. The highest BCUT2D eigenvalue weighted by atomic mass is 16.5. The van der Waals surface area contributed by atoms with Crippen molar-refractivity contribution in [2.24, 2.45) is 11.8 Å². The lowest BCUT2D eigenvalue weighted by Crippen LogP contribution is -2.35. The molecule has 2 saturated carbocycles. The monoisotopic (exact) mass is 274 g/mol. The summed E-state index contributed by atoms with van der Waals surface area (Å²) in [6.45, 7) is 1.76. The molecule has 0 saturated heterocycles. The van der Waals surface area contributed by atoms with Gasteiger partial charge in [-0.2, -0.15) is 0 Å². The van der Waals surface area contributed by atoms with E-state index in [1.54, 1.807) is 25.3 Å². The van der Waals surface area contributed by atoms with Crippen LogP contribution in [0.15, 0.2) is 18.2 Å². The van der Waals surface area contributed by atoms with Gasteiger partial charge in [0.15, 0.2) is 0 Å². The van der Waals surface area contributed by atoms with Crippen molar-refractivity contribution < 1.29 is 9.53 Å². The predicted molar refractivity (Wildman–Crippen MR) is 78.8 cm³/mol. The first kappa shape index (κ1) is 13.3. The lowest BCUT2D eigenvalue weighted by Gasteiger charge is -2.23. The first-order chi connectivity index (χ1) is 9.67. The lowest BCUT2D eigenvalue weighted by atomic mass is 10.1. The smallest absolute Gasteiger partial charge is 0.257 e. The van der Waals surface area contributed by atoms with Gasteiger partial charge in [0, 0.05) is 18.8 Å². The van der Waals surface area contributed by atoms with Crippen LogP contribution in [-0.4, -0.2) is 31.0 Å². The summed E-state index contributed by atoms with van der Waals surface area (Å²) < 4.78 is 5.31. The van der Waals surface area contributed by atoms with Gasteiger partial charge in [0.2, 0.25) is 0 Å². The highest BCUT2D eigenvalue weighted by Crippen LogP contribution is 2.35. The number of benzene rings is 1. The summed E-state index contributed by atoms with van der Waals surface area (Å²) in [4.78, 5) is 14.8. The number of nitrogens with two attached hydrogens (primary N) is 1. The largest absolute Gasteiger partial charge is 0.496 e. The van der Waals surface area contributed by atoms with Crippen LogP contribution < -0.4 is 10.5 Å². The van der Waals surface area contributed by atoms with Crippen LogP contribution in [-0.2, 0) is 0 Å². The third-order valence-electron chi connectivity index (χ3n) is 4.09. The maximum atomic E-state index is 12.8. The number of nitrogens with zero attached hydrogens (tertiary/aromatic N) is 1. The molecule has 1 aromatic rings. The minimum absolute atomic E-state index is 0.0629. The average Bonchev–Trinajstić information content (AvgIpc) is 3.32. The van der Waals surface area contributed by atoms with E-state index in [0.717, 1.165) is 13.1 Å². The molecule has 3 rings (SSSR count). The van der Waals surface area contributed by atoms with Crippen molar-refractivity contribution >= 4 is 11.6 Å². The van der Waals surface area contributed by atoms with Crippen molar-refractivity contribution in [3.63, 3.8) is 0 Å². The number of nitrogen functional groups attached to an aromatic ring is 1. The minimum atomic E-state index is 0.0629. The molecule has 4 nitrogen and oxygen atoms in total. The van der Waals surface area contributed by atoms with Gasteiger partial charge in [-0.25, -0.2) is 0 Å². The van der Waals surface area contributed by atoms with E-state index in [-0.39, 0.29) is 5.91 Å². The Labute approximate surface area is 119 Å². The van der Waals surface area contributed by atoms with Gasteiger partial charge in [-0.1, -0.05) is 0 Å². The molecule has 4 heteroatoms. The number of carbonyl (C=O) groups excluding carboxylic acids is 1. The van der Waals surface area contributed by atoms with E-state index in [0.29, 0.717) is 28.8 Å². The fourth-order valence-electron chi connectivity index (χ4n) is 2.53. The summed E-state index contributed by atoms with van der Waals surface area (Å²) in [5.74, 6) is 2.07. The molecule has 108 valence electrons. The number of hydrogen-bond acceptors (Lipinski definition) is 3. The maximum Gasteiger partial charge on any atom is 0.257 e. The molecule has 0 bridgehead atoms. The standard InChI is InChI=1S/C16H22N2O2/c1-20-15-7-6-13(17)8-14(15)16(19)18(9-11-2-3-11)10-12-4-5-12/h6-8,11-12H,2-5,9-10,17H2,1H3. The predicted octanol–water partition coefficient (Wildman–Crippen LogP) is 2.54. The van der Waals surface area contributed by atoms with Crippen molar-refractivity contribution in [1.82, 2.24) is 4.90 Å². The van der Waals surface area contributed by atoms with E-state index in [2.05, 4.69) is 0 Å². The molecule has 2 aliphatic rings. The zero-order chi connectivity index (χ0) is 14.1. The number of methoxy groups -OCH3 is 1. The second-order valence-electron chi connectivity index (χ2n) is 6.06. The Hall–Kier alpha value is -1.71. The van der Waals surface area contributed by atoms with Crippen molar-refractivity contribution in [3.05, 3.63) is 23.8 Å². The quantitative estimate of drug-likeness (QED) is 0.811. The first-order valence-electron chi connectivity index (χ1n) is 7.40. The molecule has 0 aliphatic heterocycles. The molecule has 0 unspecified atom stereocenters. The molecule has 0 aromatic heterocycles. The van der Waals surface area contributed by atoms with Gasteiger partial charge in [0.1, 0.15) is 5.75 Å². The summed E-state index contributed by atoms with van der Waals surface area (Å²) in [5, 5.41) is 0. The summed E-state index contributed by atoms with van der Waals surface area (Å²) in [5.41, 5.74) is 7.02. The Kier molecular flexibility index (Phi) is 3.55. The van der Waals surface area contributed by atoms with Gasteiger partial charge in [0.05, 0.1) is 12.7 Å². The molecular formula is C16H22N2O2. The fourth-order valence-corrected chi connectivity index (χ4v) is 2.53. The van der Waals surface area contributed by atoms with Gasteiger partial charge in [-0.05, 0) is 55.7 Å². The summed E-state index contributed by atoms with van der Waals surface area (Å²) in [6.07, 6.45) is 5.01. The number of amides is 1. The molecule has 0 heterocycles. The number of hydrogen-bond donors (Lipinski definition) is 1. The molecule has 20 heavy (non-hydrogen) atoms. The molecule has 2 aliphatic carbocycles. The average molecular weight is 274 g/mol. The van der Waals surface area contributed by atoms with E-state index < -0.39 is 0 Å². The minimum Gasteiger partial charge on any atom is -0.496 e. The Morgan fingerprint density at radius 1 is 1.25 bits per heavy atom. The number of carbonyl (C=O) groups is 1. The van der Waals surface area contributed by atoms with Crippen LogP contribution in [0, 0.1) is 11.8 Å². The Balaban J connectivity index is 1.81. The van der Waals surface area contributed by atoms with Crippen LogP contribution in [0.4, 0.5) is 5.69 Å². The van der Waals surface area contributed by atoms with Crippen molar-refractivity contribution in [2.45, 2.75) is 25.7 Å². The molecule has 0 spiro atoms. The lowest BCUT2D eigenvalue weighted by molar-refractivity contribution is 0.0736. The molecule has 2 fully saturated rings. The Bertz CT molecular complexity index is 493. The maximum absolute atomic E-state index is 12.8. The molecule has 0 radical (unpaired) electrons. The third-order valence-corrected chi connectivity index (χ3v) is 4.09. The van der Waals surface area contributed by atoms with Crippen molar-refractivity contribution in [3.8, 4) is 5.75 Å². The second-order valence-corrected chi connectivity index (χ2v) is 6.06. The molecule has 2 N–H and O–H groups in total. The third kappa shape index (κ3) is 3.06. The number of ether oxygens (including phenoxy) is 1. The molecule has 1 amide bonds. The van der Waals surface area contributed by atoms with E-state index in [1.807, 2.05) is 4.90 Å². The molecular weight excluding hydrogens is 252 g/mol. The zero-order valence-electron chi connectivity index (χ0n) is 12.0. The van der Waals surface area contributed by atoms with E-state index in [9.17, 15) is 4.79 Å². The van der Waals surface area contributed by atoms with Gasteiger partial charge < -0.3 is 15.4 Å². The van der Waals surface area contributed by atoms with Crippen molar-refractivity contribution in [1.29, 1.82) is 0 Å². The normalized spacial score (nSPS) is 17.9. The van der Waals surface area contributed by atoms with Gasteiger partial charge in [0.25, 0.3) is 5.91 Å². The van der Waals surface area contributed by atoms with Crippen LogP contribution in [0.2, 0.25) is 0 Å². The van der Waals surface area contributed by atoms with Crippen LogP contribution in [0.3, 0.4) is 0 Å². The highest BCUT2D eigenvalue weighted by Gasteiger charge is 2.32. The van der Waals surface area contributed by atoms with E-state index in [1.165, 1.54) is 25.7 Å². The van der Waals surface area contributed by atoms with E-state index in [4.69, 9.17) is 10.5 Å². The van der Waals surface area contributed by atoms with Crippen LogP contribution in [0.1, 0.15) is 36.0 Å². The van der Waals surface area contributed by atoms with Gasteiger partial charge >= 0.3 is 0 Å². The Morgan fingerprint density at radius 2 is 1.85 bits per heavy atom. The van der Waals surface area contributed by atoms with Crippen LogP contribution in [0.25, 0.3) is 0 Å². The summed E-state index contributed by atoms with van der Waals surface area (Å²) in [7, 11) is 1.59.